The number of nitrogens with two attached hydrogens (primary N) is 1. The Kier molecular flexibility index (Phi) is 3.93. The highest BCUT2D eigenvalue weighted by Gasteiger charge is 2.16. The molecule has 1 aromatic carbocycles. The van der Waals surface area contributed by atoms with Crippen molar-refractivity contribution in [1.82, 2.24) is 10.2 Å². The third-order valence-electron chi connectivity index (χ3n) is 3.22. The molecule has 0 unspecified atom stereocenters. The number of nitrogens with one attached hydrogen (secondary N) is 1. The van der Waals surface area contributed by atoms with E-state index in [1.807, 2.05) is 19.1 Å². The molecule has 0 amide bonds. The van der Waals surface area contributed by atoms with Crippen LogP contribution in [0.1, 0.15) is 37.5 Å². The second kappa shape index (κ2) is 5.52. The minimum atomic E-state index is -0.0936. The van der Waals surface area contributed by atoms with E-state index in [0.717, 1.165) is 5.56 Å². The molecule has 1 heterocycles. The summed E-state index contributed by atoms with van der Waals surface area (Å²) in [5, 5.41) is 15.2. The summed E-state index contributed by atoms with van der Waals surface area (Å²) in [6.07, 6.45) is 1.49. The van der Waals surface area contributed by atoms with Gasteiger partial charge in [0.2, 0.25) is 5.88 Å². The number of hydrogen-bond acceptors (Lipinski definition) is 4. The molecule has 5 heteroatoms. The van der Waals surface area contributed by atoms with E-state index >= 15 is 0 Å². The van der Waals surface area contributed by atoms with Gasteiger partial charge in [0.05, 0.1) is 11.8 Å². The quantitative estimate of drug-likeness (QED) is 0.669. The van der Waals surface area contributed by atoms with Crippen LogP contribution in [0.4, 0.5) is 0 Å². The van der Waals surface area contributed by atoms with E-state index in [2.05, 4.69) is 37.0 Å². The number of benzene rings is 1. The van der Waals surface area contributed by atoms with Crippen molar-refractivity contribution >= 4 is 5.84 Å². The summed E-state index contributed by atoms with van der Waals surface area (Å²) >= 11 is 0. The fraction of sp³-hybridized carbons (Fsp3) is 0.312. The predicted molar refractivity (Wildman–Crippen MR) is 83.0 cm³/mol. The smallest absolute Gasteiger partial charge is 0.249 e. The Morgan fingerprint density at radius 2 is 1.95 bits per heavy atom. The Balaban J connectivity index is 2.35. The van der Waals surface area contributed by atoms with E-state index < -0.39 is 0 Å². The normalized spacial score (nSPS) is 11.2. The predicted octanol–water partition coefficient (Wildman–Crippen LogP) is 3.16. The number of ether oxygens (including phenoxy) is 1. The number of nitrogens with zero attached hydrogens (tertiary/aromatic N) is 2. The van der Waals surface area contributed by atoms with E-state index in [0.29, 0.717) is 11.3 Å². The first-order valence-corrected chi connectivity index (χ1v) is 6.74. The molecule has 3 N–H and O–H groups in total. The number of rotatable bonds is 3. The first kappa shape index (κ1) is 15.0. The molecule has 110 valence electrons. The molecule has 0 saturated heterocycles. The van der Waals surface area contributed by atoms with Crippen LogP contribution < -0.4 is 10.5 Å². The van der Waals surface area contributed by atoms with Crippen LogP contribution in [-0.2, 0) is 5.41 Å². The minimum Gasteiger partial charge on any atom is -0.437 e. The van der Waals surface area contributed by atoms with Gasteiger partial charge < -0.3 is 10.5 Å². The summed E-state index contributed by atoms with van der Waals surface area (Å²) in [7, 11) is 0. The van der Waals surface area contributed by atoms with Crippen LogP contribution in [0.3, 0.4) is 0 Å². The number of aryl methyl sites for hydroxylation is 1. The van der Waals surface area contributed by atoms with Crippen molar-refractivity contribution in [3.63, 3.8) is 0 Å². The molecule has 1 aromatic heterocycles. The van der Waals surface area contributed by atoms with Crippen LogP contribution >= 0.6 is 0 Å². The van der Waals surface area contributed by atoms with Crippen molar-refractivity contribution in [2.24, 2.45) is 5.73 Å². The van der Waals surface area contributed by atoms with E-state index in [4.69, 9.17) is 15.9 Å². The van der Waals surface area contributed by atoms with Gasteiger partial charge in [0.15, 0.2) is 0 Å². The summed E-state index contributed by atoms with van der Waals surface area (Å²) < 4.78 is 5.77. The Bertz CT molecular complexity index is 674. The second-order valence-corrected chi connectivity index (χ2v) is 6.00. The van der Waals surface area contributed by atoms with Gasteiger partial charge in [-0.15, -0.1) is 5.10 Å². The highest BCUT2D eigenvalue weighted by molar-refractivity contribution is 5.96. The molecule has 0 aliphatic rings. The average molecular weight is 284 g/mol. The maximum absolute atomic E-state index is 7.54. The van der Waals surface area contributed by atoms with Gasteiger partial charge in [0, 0.05) is 0 Å². The Hall–Kier alpha value is -2.43. The Morgan fingerprint density at radius 3 is 2.52 bits per heavy atom. The molecule has 0 saturated carbocycles. The summed E-state index contributed by atoms with van der Waals surface area (Å²) in [6, 6.07) is 7.66. The van der Waals surface area contributed by atoms with Crippen LogP contribution in [0, 0.1) is 12.3 Å². The lowest BCUT2D eigenvalue weighted by molar-refractivity contribution is 0.449. The monoisotopic (exact) mass is 284 g/mol. The van der Waals surface area contributed by atoms with Gasteiger partial charge in [-0.2, -0.15) is 5.10 Å². The topological polar surface area (TPSA) is 84.9 Å². The van der Waals surface area contributed by atoms with Crippen molar-refractivity contribution in [3.8, 4) is 11.6 Å². The summed E-state index contributed by atoms with van der Waals surface area (Å²) in [4.78, 5) is 0. The zero-order chi connectivity index (χ0) is 15.6. The molecule has 21 heavy (non-hydrogen) atoms. The molecule has 2 rings (SSSR count). The van der Waals surface area contributed by atoms with Crippen LogP contribution in [-0.4, -0.2) is 16.0 Å². The van der Waals surface area contributed by atoms with Gasteiger partial charge in [-0.3, -0.25) is 5.41 Å². The number of hydrogen-bond donors (Lipinski definition) is 2. The Morgan fingerprint density at radius 1 is 1.24 bits per heavy atom. The fourth-order valence-electron chi connectivity index (χ4n) is 1.93. The van der Waals surface area contributed by atoms with E-state index in [1.165, 1.54) is 11.8 Å². The summed E-state index contributed by atoms with van der Waals surface area (Å²) in [5.41, 5.74) is 8.28. The van der Waals surface area contributed by atoms with Gasteiger partial charge >= 0.3 is 0 Å². The second-order valence-electron chi connectivity index (χ2n) is 6.00. The Labute approximate surface area is 124 Å². The number of nitrogen functional groups attached to an aromatic ring is 1. The molecule has 5 nitrogen and oxygen atoms in total. The van der Waals surface area contributed by atoms with Gasteiger partial charge in [0.25, 0.3) is 0 Å². The van der Waals surface area contributed by atoms with Gasteiger partial charge in [-0.1, -0.05) is 32.9 Å². The van der Waals surface area contributed by atoms with E-state index in [9.17, 15) is 0 Å². The number of aromatic nitrogens is 2. The first-order chi connectivity index (χ1) is 9.79. The summed E-state index contributed by atoms with van der Waals surface area (Å²) in [5.74, 6) is 0.839. The summed E-state index contributed by atoms with van der Waals surface area (Å²) in [6.45, 7) is 8.48. The van der Waals surface area contributed by atoms with Gasteiger partial charge in [-0.05, 0) is 35.6 Å². The maximum Gasteiger partial charge on any atom is 0.249 e. The van der Waals surface area contributed by atoms with Gasteiger partial charge in [0.1, 0.15) is 11.6 Å². The molecule has 0 spiro atoms. The number of amidine groups is 1. The lowest BCUT2D eigenvalue weighted by Gasteiger charge is -2.20. The molecule has 0 atom stereocenters. The highest BCUT2D eigenvalue weighted by Crippen LogP contribution is 2.30. The molecule has 0 aliphatic heterocycles. The third-order valence-corrected chi connectivity index (χ3v) is 3.22. The van der Waals surface area contributed by atoms with E-state index in [-0.39, 0.29) is 17.1 Å². The molecule has 0 fully saturated rings. The third kappa shape index (κ3) is 3.37. The first-order valence-electron chi connectivity index (χ1n) is 6.74. The SMILES string of the molecule is Cc1cc(C(C)(C)C)ccc1Oc1nnccc1C(=N)N. The molecular formula is C16H20N4O. The maximum atomic E-state index is 7.54. The molecule has 2 aromatic rings. The largest absolute Gasteiger partial charge is 0.437 e. The van der Waals surface area contributed by atoms with Crippen molar-refractivity contribution in [3.05, 3.63) is 47.2 Å². The van der Waals surface area contributed by atoms with Crippen LogP contribution in [0.25, 0.3) is 0 Å². The van der Waals surface area contributed by atoms with Crippen molar-refractivity contribution in [2.45, 2.75) is 33.1 Å². The fourth-order valence-corrected chi connectivity index (χ4v) is 1.93. The lowest BCUT2D eigenvalue weighted by atomic mass is 9.86. The molecule has 0 aliphatic carbocycles. The zero-order valence-electron chi connectivity index (χ0n) is 12.8. The molecule has 0 bridgehead atoms. The standard InChI is InChI=1S/C16H20N4O/c1-10-9-11(16(2,3)4)5-6-13(10)21-15-12(14(17)18)7-8-19-20-15/h5-9H,1-4H3,(H3,17,18). The van der Waals surface area contributed by atoms with Gasteiger partial charge in [-0.25, -0.2) is 0 Å². The van der Waals surface area contributed by atoms with Crippen molar-refractivity contribution in [2.75, 3.05) is 0 Å². The van der Waals surface area contributed by atoms with Crippen LogP contribution in [0.15, 0.2) is 30.5 Å². The van der Waals surface area contributed by atoms with Crippen LogP contribution in [0.5, 0.6) is 11.6 Å². The highest BCUT2D eigenvalue weighted by atomic mass is 16.5. The minimum absolute atomic E-state index is 0.0837. The van der Waals surface area contributed by atoms with Crippen LogP contribution in [0.2, 0.25) is 0 Å². The lowest BCUT2D eigenvalue weighted by Crippen LogP contribution is -2.14. The van der Waals surface area contributed by atoms with Crippen molar-refractivity contribution in [1.29, 1.82) is 5.41 Å². The molecular weight excluding hydrogens is 264 g/mol. The molecule has 0 radical (unpaired) electrons. The average Bonchev–Trinajstić information content (AvgIpc) is 2.40. The van der Waals surface area contributed by atoms with Crippen molar-refractivity contribution < 1.29 is 4.74 Å². The van der Waals surface area contributed by atoms with E-state index in [1.54, 1.807) is 6.07 Å². The zero-order valence-corrected chi connectivity index (χ0v) is 12.8.